The first kappa shape index (κ1) is 21.2. The van der Waals surface area contributed by atoms with Gasteiger partial charge in [-0.15, -0.1) is 0 Å². The second kappa shape index (κ2) is 10.2. The summed E-state index contributed by atoms with van der Waals surface area (Å²) in [5.74, 6) is -2.71. The fraction of sp³-hybridized carbons (Fsp3) is 0.353. The van der Waals surface area contributed by atoms with Crippen molar-refractivity contribution in [3.8, 4) is 6.07 Å². The van der Waals surface area contributed by atoms with Gasteiger partial charge in [-0.2, -0.15) is 18.4 Å². The van der Waals surface area contributed by atoms with E-state index in [1.807, 2.05) is 6.92 Å². The Bertz CT molecular complexity index is 709. The van der Waals surface area contributed by atoms with Crippen molar-refractivity contribution < 1.29 is 27.5 Å². The lowest BCUT2D eigenvalue weighted by molar-refractivity contribution is -0.167. The Morgan fingerprint density at radius 3 is 2.69 bits per heavy atom. The third-order valence-corrected chi connectivity index (χ3v) is 3.03. The highest BCUT2D eigenvalue weighted by Crippen LogP contribution is 2.19. The van der Waals surface area contributed by atoms with Crippen LogP contribution in [-0.2, 0) is 14.3 Å². The molecule has 9 heteroatoms. The molecule has 0 bridgehead atoms. The highest BCUT2D eigenvalue weighted by molar-refractivity contribution is 6.02. The van der Waals surface area contributed by atoms with Gasteiger partial charge in [0.15, 0.2) is 0 Å². The fourth-order valence-corrected chi connectivity index (χ4v) is 1.84. The van der Waals surface area contributed by atoms with Crippen LogP contribution in [-0.4, -0.2) is 37.7 Å². The van der Waals surface area contributed by atoms with Crippen molar-refractivity contribution >= 4 is 23.6 Å². The van der Waals surface area contributed by atoms with Crippen LogP contribution in [0.15, 0.2) is 29.8 Å². The van der Waals surface area contributed by atoms with Crippen molar-refractivity contribution in [1.82, 2.24) is 5.32 Å². The van der Waals surface area contributed by atoms with E-state index in [4.69, 9.17) is 10.00 Å². The standard InChI is InChI=1S/C17H18F3N3O3/c1-2-26-8-4-7-22-15(24)13(11-21)9-12-5-3-6-14(10-12)23-16(25)17(18,19)20/h3,5-6,9-10H,2,4,7-8H2,1H3,(H,22,24)(H,23,25)/b13-9+. The number of nitrogens with zero attached hydrogens (tertiary/aromatic N) is 1. The number of nitrogens with one attached hydrogen (secondary N) is 2. The molecular weight excluding hydrogens is 351 g/mol. The predicted molar refractivity (Wildman–Crippen MR) is 88.8 cm³/mol. The van der Waals surface area contributed by atoms with Crippen molar-refractivity contribution in [3.63, 3.8) is 0 Å². The van der Waals surface area contributed by atoms with Gasteiger partial charge in [0.1, 0.15) is 11.6 Å². The Kier molecular flexibility index (Phi) is 8.31. The summed E-state index contributed by atoms with van der Waals surface area (Å²) in [5.41, 5.74) is -0.0119. The third kappa shape index (κ3) is 7.36. The minimum absolute atomic E-state index is 0.101. The number of anilines is 1. The summed E-state index contributed by atoms with van der Waals surface area (Å²) in [7, 11) is 0. The summed E-state index contributed by atoms with van der Waals surface area (Å²) in [6.45, 7) is 3.21. The quantitative estimate of drug-likeness (QED) is 0.419. The van der Waals surface area contributed by atoms with Crippen LogP contribution in [0.2, 0.25) is 0 Å². The molecule has 2 N–H and O–H groups in total. The van der Waals surface area contributed by atoms with Crippen LogP contribution in [0.1, 0.15) is 18.9 Å². The summed E-state index contributed by atoms with van der Waals surface area (Å²) >= 11 is 0. The Hall–Kier alpha value is -2.86. The van der Waals surface area contributed by atoms with Crippen molar-refractivity contribution in [2.24, 2.45) is 0 Å². The number of benzene rings is 1. The van der Waals surface area contributed by atoms with Gasteiger partial charge in [-0.05, 0) is 37.1 Å². The van der Waals surface area contributed by atoms with Gasteiger partial charge in [0.05, 0.1) is 0 Å². The smallest absolute Gasteiger partial charge is 0.382 e. The minimum Gasteiger partial charge on any atom is -0.382 e. The monoisotopic (exact) mass is 369 g/mol. The van der Waals surface area contributed by atoms with Crippen molar-refractivity contribution in [2.45, 2.75) is 19.5 Å². The summed E-state index contributed by atoms with van der Waals surface area (Å²) < 4.78 is 41.9. The van der Waals surface area contributed by atoms with E-state index >= 15 is 0 Å². The molecule has 1 aromatic carbocycles. The van der Waals surface area contributed by atoms with E-state index in [0.29, 0.717) is 31.7 Å². The predicted octanol–water partition coefficient (Wildman–Crippen LogP) is 2.64. The number of carbonyl (C=O) groups is 2. The lowest BCUT2D eigenvalue weighted by Gasteiger charge is -2.08. The summed E-state index contributed by atoms with van der Waals surface area (Å²) in [5, 5.41) is 13.4. The van der Waals surface area contributed by atoms with Crippen LogP contribution in [0.5, 0.6) is 0 Å². The van der Waals surface area contributed by atoms with Crippen LogP contribution in [0, 0.1) is 11.3 Å². The van der Waals surface area contributed by atoms with Gasteiger partial charge >= 0.3 is 12.1 Å². The molecule has 1 rings (SSSR count). The van der Waals surface area contributed by atoms with E-state index < -0.39 is 18.0 Å². The first-order chi connectivity index (χ1) is 12.3. The molecule has 0 aromatic heterocycles. The largest absolute Gasteiger partial charge is 0.471 e. The van der Waals surface area contributed by atoms with Crippen LogP contribution >= 0.6 is 0 Å². The van der Waals surface area contributed by atoms with E-state index in [2.05, 4.69) is 5.32 Å². The average Bonchev–Trinajstić information content (AvgIpc) is 2.58. The zero-order chi connectivity index (χ0) is 19.6. The van der Waals surface area contributed by atoms with Gasteiger partial charge in [-0.25, -0.2) is 0 Å². The van der Waals surface area contributed by atoms with Gasteiger partial charge < -0.3 is 15.4 Å². The molecule has 2 amide bonds. The highest BCUT2D eigenvalue weighted by atomic mass is 19.4. The molecule has 0 atom stereocenters. The number of nitriles is 1. The molecular formula is C17H18F3N3O3. The Balaban J connectivity index is 2.77. The van der Waals surface area contributed by atoms with Gasteiger partial charge in [0.25, 0.3) is 5.91 Å². The van der Waals surface area contributed by atoms with Gasteiger partial charge in [0, 0.05) is 25.4 Å². The number of carbonyl (C=O) groups excluding carboxylic acids is 2. The van der Waals surface area contributed by atoms with Crippen molar-refractivity contribution in [1.29, 1.82) is 5.26 Å². The van der Waals surface area contributed by atoms with Crippen molar-refractivity contribution in [3.05, 3.63) is 35.4 Å². The number of rotatable bonds is 8. The molecule has 1 aromatic rings. The van der Waals surface area contributed by atoms with Crippen LogP contribution in [0.25, 0.3) is 6.08 Å². The molecule has 0 unspecified atom stereocenters. The molecule has 0 spiro atoms. The summed E-state index contributed by atoms with van der Waals surface area (Å²) in [6.07, 6.45) is -3.20. The van der Waals surface area contributed by atoms with Gasteiger partial charge in [0.2, 0.25) is 0 Å². The number of hydrogen-bond donors (Lipinski definition) is 2. The van der Waals surface area contributed by atoms with E-state index in [-0.39, 0.29) is 11.3 Å². The Morgan fingerprint density at radius 2 is 2.08 bits per heavy atom. The maximum Gasteiger partial charge on any atom is 0.471 e. The van der Waals surface area contributed by atoms with E-state index in [9.17, 15) is 22.8 Å². The minimum atomic E-state index is -5.01. The van der Waals surface area contributed by atoms with Crippen LogP contribution < -0.4 is 10.6 Å². The molecule has 0 aliphatic carbocycles. The number of alkyl halides is 3. The molecule has 0 saturated heterocycles. The van der Waals surface area contributed by atoms with Crippen LogP contribution in [0.4, 0.5) is 18.9 Å². The number of amides is 2. The SMILES string of the molecule is CCOCCCNC(=O)/C(C#N)=C/c1cccc(NC(=O)C(F)(F)F)c1. The second-order valence-electron chi connectivity index (χ2n) is 5.05. The maximum atomic E-state index is 12.3. The van der Waals surface area contributed by atoms with Gasteiger partial charge in [-0.3, -0.25) is 9.59 Å². The summed E-state index contributed by atoms with van der Waals surface area (Å²) in [4.78, 5) is 22.9. The zero-order valence-electron chi connectivity index (χ0n) is 14.0. The molecule has 0 saturated carbocycles. The third-order valence-electron chi connectivity index (χ3n) is 3.03. The van der Waals surface area contributed by atoms with Gasteiger partial charge in [-0.1, -0.05) is 12.1 Å². The van der Waals surface area contributed by atoms with Crippen LogP contribution in [0.3, 0.4) is 0 Å². The van der Waals surface area contributed by atoms with Crippen molar-refractivity contribution in [2.75, 3.05) is 25.1 Å². The lowest BCUT2D eigenvalue weighted by Crippen LogP contribution is -2.29. The highest BCUT2D eigenvalue weighted by Gasteiger charge is 2.38. The summed E-state index contributed by atoms with van der Waals surface area (Å²) in [6, 6.07) is 7.11. The van der Waals surface area contributed by atoms with E-state index in [1.165, 1.54) is 30.3 Å². The topological polar surface area (TPSA) is 91.2 Å². The second-order valence-corrected chi connectivity index (χ2v) is 5.05. The van der Waals surface area contributed by atoms with E-state index in [0.717, 1.165) is 0 Å². The molecule has 0 aliphatic rings. The normalized spacial score (nSPS) is 11.6. The number of halogens is 3. The lowest BCUT2D eigenvalue weighted by atomic mass is 10.1. The molecule has 0 heterocycles. The maximum absolute atomic E-state index is 12.3. The fourth-order valence-electron chi connectivity index (χ4n) is 1.84. The first-order valence-corrected chi connectivity index (χ1v) is 7.74. The first-order valence-electron chi connectivity index (χ1n) is 7.74. The molecule has 6 nitrogen and oxygen atoms in total. The Labute approximate surface area is 148 Å². The molecule has 0 fully saturated rings. The zero-order valence-corrected chi connectivity index (χ0v) is 14.0. The number of ether oxygens (including phenoxy) is 1. The molecule has 26 heavy (non-hydrogen) atoms. The number of hydrogen-bond acceptors (Lipinski definition) is 4. The molecule has 0 radical (unpaired) electrons. The molecule has 0 aliphatic heterocycles. The average molecular weight is 369 g/mol. The Morgan fingerprint density at radius 1 is 1.35 bits per heavy atom. The molecule has 140 valence electrons. The van der Waals surface area contributed by atoms with E-state index in [1.54, 1.807) is 11.4 Å².